The number of halogens is 1. The van der Waals surface area contributed by atoms with E-state index in [2.05, 4.69) is 20.8 Å². The topological polar surface area (TPSA) is 93.2 Å². The van der Waals surface area contributed by atoms with Gasteiger partial charge in [-0.3, -0.25) is 9.59 Å². The number of ether oxygens (including phenoxy) is 1. The maximum atomic E-state index is 13.2. The molecule has 0 spiro atoms. The van der Waals surface area contributed by atoms with E-state index < -0.39 is 11.7 Å². The lowest BCUT2D eigenvalue weighted by atomic mass is 10.1. The van der Waals surface area contributed by atoms with Gasteiger partial charge in [-0.2, -0.15) is 0 Å². The molecule has 3 rings (SSSR count). The smallest absolute Gasteiger partial charge is 0.286 e. The summed E-state index contributed by atoms with van der Waals surface area (Å²) in [6, 6.07) is 12.8. The number of carbonyl (C=O) groups excluding carboxylic acids is 2. The normalized spacial score (nSPS) is 10.4. The lowest BCUT2D eigenvalue weighted by Gasteiger charge is -2.05. The molecule has 0 radical (unpaired) electrons. The third-order valence-electron chi connectivity index (χ3n) is 3.68. The van der Waals surface area contributed by atoms with Crippen molar-refractivity contribution in [3.05, 3.63) is 69.9 Å². The van der Waals surface area contributed by atoms with Gasteiger partial charge in [-0.15, -0.1) is 10.2 Å². The van der Waals surface area contributed by atoms with Gasteiger partial charge in [0, 0.05) is 5.69 Å². The first-order valence-corrected chi connectivity index (χ1v) is 9.14. The second-order valence-corrected chi connectivity index (χ2v) is 6.83. The maximum Gasteiger partial charge on any atom is 0.286 e. The van der Waals surface area contributed by atoms with Crippen molar-refractivity contribution in [2.45, 2.75) is 13.0 Å². The SMILES string of the molecule is COc1cccc(CC(=O)NCc2nnc(C(=O)Nc3cccc(F)c3)s2)c1. The summed E-state index contributed by atoms with van der Waals surface area (Å²) in [5.74, 6) is -0.441. The minimum Gasteiger partial charge on any atom is -0.497 e. The predicted molar refractivity (Wildman–Crippen MR) is 103 cm³/mol. The number of nitrogens with zero attached hydrogens (tertiary/aromatic N) is 2. The maximum absolute atomic E-state index is 13.2. The first-order valence-electron chi connectivity index (χ1n) is 8.32. The van der Waals surface area contributed by atoms with E-state index in [0.29, 0.717) is 16.4 Å². The number of hydrogen-bond donors (Lipinski definition) is 2. The molecule has 7 nitrogen and oxygen atoms in total. The van der Waals surface area contributed by atoms with E-state index in [4.69, 9.17) is 4.74 Å². The van der Waals surface area contributed by atoms with Gasteiger partial charge in [-0.25, -0.2) is 4.39 Å². The number of hydrogen-bond acceptors (Lipinski definition) is 6. The van der Waals surface area contributed by atoms with E-state index in [1.165, 1.54) is 18.2 Å². The third kappa shape index (κ3) is 5.34. The first kappa shape index (κ1) is 19.4. The van der Waals surface area contributed by atoms with Crippen molar-refractivity contribution >= 4 is 28.8 Å². The van der Waals surface area contributed by atoms with E-state index in [1.54, 1.807) is 25.3 Å². The monoisotopic (exact) mass is 400 g/mol. The van der Waals surface area contributed by atoms with Crippen LogP contribution in [0.5, 0.6) is 5.75 Å². The highest BCUT2D eigenvalue weighted by atomic mass is 32.1. The predicted octanol–water partition coefficient (Wildman–Crippen LogP) is 2.80. The molecule has 0 atom stereocenters. The molecular weight excluding hydrogens is 383 g/mol. The first-order chi connectivity index (χ1) is 13.5. The van der Waals surface area contributed by atoms with Crippen LogP contribution < -0.4 is 15.4 Å². The van der Waals surface area contributed by atoms with Crippen LogP contribution in [0, 0.1) is 5.82 Å². The highest BCUT2D eigenvalue weighted by Crippen LogP contribution is 2.15. The highest BCUT2D eigenvalue weighted by Gasteiger charge is 2.14. The Kier molecular flexibility index (Phi) is 6.28. The summed E-state index contributed by atoms with van der Waals surface area (Å²) in [5.41, 5.74) is 1.15. The van der Waals surface area contributed by atoms with Crippen molar-refractivity contribution in [1.82, 2.24) is 15.5 Å². The van der Waals surface area contributed by atoms with Crippen molar-refractivity contribution in [2.24, 2.45) is 0 Å². The quantitative estimate of drug-likeness (QED) is 0.636. The Morgan fingerprint density at radius 1 is 1.14 bits per heavy atom. The zero-order chi connectivity index (χ0) is 19.9. The van der Waals surface area contributed by atoms with E-state index >= 15 is 0 Å². The van der Waals surface area contributed by atoms with Crippen molar-refractivity contribution < 1.29 is 18.7 Å². The van der Waals surface area contributed by atoms with Crippen LogP contribution in [0.1, 0.15) is 20.4 Å². The molecule has 28 heavy (non-hydrogen) atoms. The number of carbonyl (C=O) groups is 2. The zero-order valence-corrected chi connectivity index (χ0v) is 15.8. The number of methoxy groups -OCH3 is 1. The van der Waals surface area contributed by atoms with Gasteiger partial charge in [-0.05, 0) is 35.9 Å². The number of nitrogens with one attached hydrogen (secondary N) is 2. The van der Waals surface area contributed by atoms with Gasteiger partial charge in [-0.1, -0.05) is 29.5 Å². The Morgan fingerprint density at radius 2 is 1.96 bits per heavy atom. The van der Waals surface area contributed by atoms with Crippen LogP contribution in [0.3, 0.4) is 0 Å². The van der Waals surface area contributed by atoms with Crippen LogP contribution in [0.2, 0.25) is 0 Å². The van der Waals surface area contributed by atoms with Crippen LogP contribution in [-0.4, -0.2) is 29.1 Å². The Morgan fingerprint density at radius 3 is 2.75 bits per heavy atom. The van der Waals surface area contributed by atoms with Crippen molar-refractivity contribution in [1.29, 1.82) is 0 Å². The fourth-order valence-electron chi connectivity index (χ4n) is 2.37. The van der Waals surface area contributed by atoms with Gasteiger partial charge < -0.3 is 15.4 Å². The van der Waals surface area contributed by atoms with E-state index in [-0.39, 0.29) is 23.9 Å². The zero-order valence-electron chi connectivity index (χ0n) is 14.9. The molecule has 0 unspecified atom stereocenters. The second-order valence-electron chi connectivity index (χ2n) is 5.77. The van der Waals surface area contributed by atoms with Gasteiger partial charge in [0.2, 0.25) is 10.9 Å². The molecule has 0 aliphatic carbocycles. The molecule has 1 heterocycles. The Labute approximate surface area is 164 Å². The number of benzene rings is 2. The van der Waals surface area contributed by atoms with Crippen molar-refractivity contribution in [3.8, 4) is 5.75 Å². The van der Waals surface area contributed by atoms with E-state index in [0.717, 1.165) is 16.9 Å². The van der Waals surface area contributed by atoms with Gasteiger partial charge in [0.1, 0.15) is 16.6 Å². The molecule has 3 aromatic rings. The molecule has 0 aliphatic heterocycles. The van der Waals surface area contributed by atoms with Crippen LogP contribution in [0.4, 0.5) is 10.1 Å². The minimum absolute atomic E-state index is 0.126. The fraction of sp³-hybridized carbons (Fsp3) is 0.158. The summed E-state index contributed by atoms with van der Waals surface area (Å²) in [5, 5.41) is 13.6. The molecule has 0 fully saturated rings. The molecule has 144 valence electrons. The average molecular weight is 400 g/mol. The van der Waals surface area contributed by atoms with Crippen LogP contribution in [0.25, 0.3) is 0 Å². The summed E-state index contributed by atoms with van der Waals surface area (Å²) in [6.45, 7) is 0.160. The minimum atomic E-state index is -0.489. The molecular formula is C19H17FN4O3S. The molecule has 0 bridgehead atoms. The van der Waals surface area contributed by atoms with Gasteiger partial charge in [0.15, 0.2) is 0 Å². The second kappa shape index (κ2) is 9.05. The largest absolute Gasteiger partial charge is 0.497 e. The van der Waals surface area contributed by atoms with Crippen LogP contribution in [-0.2, 0) is 17.8 Å². The summed E-state index contributed by atoms with van der Waals surface area (Å²) in [4.78, 5) is 24.2. The van der Waals surface area contributed by atoms with Gasteiger partial charge in [0.25, 0.3) is 5.91 Å². The number of anilines is 1. The molecule has 2 amide bonds. The van der Waals surface area contributed by atoms with Gasteiger partial charge >= 0.3 is 0 Å². The number of aromatic nitrogens is 2. The Hall–Kier alpha value is -3.33. The van der Waals surface area contributed by atoms with E-state index in [1.807, 2.05) is 12.1 Å². The molecule has 0 saturated heterocycles. The van der Waals surface area contributed by atoms with Gasteiger partial charge in [0.05, 0.1) is 20.1 Å². The molecule has 0 saturated carbocycles. The standard InChI is InChI=1S/C19H17FN4O3S/c1-27-15-7-2-4-12(8-15)9-16(25)21-11-17-23-24-19(28-17)18(26)22-14-6-3-5-13(20)10-14/h2-8,10H,9,11H2,1H3,(H,21,25)(H,22,26). The molecule has 9 heteroatoms. The van der Waals surface area contributed by atoms with E-state index in [9.17, 15) is 14.0 Å². The molecule has 1 aromatic heterocycles. The highest BCUT2D eigenvalue weighted by molar-refractivity contribution is 7.13. The van der Waals surface area contributed by atoms with Crippen molar-refractivity contribution in [3.63, 3.8) is 0 Å². The fourth-order valence-corrected chi connectivity index (χ4v) is 3.05. The lowest BCUT2D eigenvalue weighted by molar-refractivity contribution is -0.120. The average Bonchev–Trinajstić information content (AvgIpc) is 3.16. The lowest BCUT2D eigenvalue weighted by Crippen LogP contribution is -2.24. The third-order valence-corrected chi connectivity index (χ3v) is 4.60. The number of amides is 2. The Bertz CT molecular complexity index is 993. The summed E-state index contributed by atoms with van der Waals surface area (Å²) >= 11 is 1.06. The molecule has 2 N–H and O–H groups in total. The summed E-state index contributed by atoms with van der Waals surface area (Å²) in [6.07, 6.45) is 0.197. The Balaban J connectivity index is 1.52. The summed E-state index contributed by atoms with van der Waals surface area (Å²) < 4.78 is 18.3. The number of rotatable bonds is 7. The van der Waals surface area contributed by atoms with Crippen LogP contribution >= 0.6 is 11.3 Å². The molecule has 2 aromatic carbocycles. The summed E-state index contributed by atoms with van der Waals surface area (Å²) in [7, 11) is 1.57. The van der Waals surface area contributed by atoms with Crippen molar-refractivity contribution in [2.75, 3.05) is 12.4 Å². The van der Waals surface area contributed by atoms with Crippen LogP contribution in [0.15, 0.2) is 48.5 Å². The molecule has 0 aliphatic rings.